The molecule has 0 aliphatic carbocycles. The number of fused-ring (bicyclic) bond motifs is 1. The van der Waals surface area contributed by atoms with Gasteiger partial charge in [0, 0.05) is 24.3 Å². The molecule has 0 unspecified atom stereocenters. The second-order valence-corrected chi connectivity index (χ2v) is 9.78. The van der Waals surface area contributed by atoms with Crippen LogP contribution in [-0.2, 0) is 23.0 Å². The van der Waals surface area contributed by atoms with Crippen molar-refractivity contribution in [1.82, 2.24) is 4.90 Å². The van der Waals surface area contributed by atoms with Gasteiger partial charge in [-0.2, -0.15) is 0 Å². The second kappa shape index (κ2) is 8.16. The van der Waals surface area contributed by atoms with Gasteiger partial charge in [0.15, 0.2) is 0 Å². The van der Waals surface area contributed by atoms with E-state index in [1.165, 1.54) is 23.4 Å². The van der Waals surface area contributed by atoms with E-state index >= 15 is 0 Å². The molecule has 2 heterocycles. The quantitative estimate of drug-likeness (QED) is 0.817. The standard InChI is InChI=1S/C22H27N3O3S/c1-29(27,28)25-14-6-8-17-10-11-19(15-21(17)25)23-22(26)20-9-3-2-7-18(20)16-24-12-4-5-13-24/h2-3,7,9-11,15H,4-6,8,12-14,16H2,1H3,(H,23,26). The van der Waals surface area contributed by atoms with E-state index in [0.717, 1.165) is 43.6 Å². The lowest BCUT2D eigenvalue weighted by Crippen LogP contribution is -2.34. The van der Waals surface area contributed by atoms with Crippen molar-refractivity contribution in [2.24, 2.45) is 0 Å². The molecule has 0 aromatic heterocycles. The minimum absolute atomic E-state index is 0.165. The molecule has 1 saturated heterocycles. The second-order valence-electron chi connectivity index (χ2n) is 7.88. The molecule has 4 rings (SSSR count). The average molecular weight is 414 g/mol. The lowest BCUT2D eigenvalue weighted by Gasteiger charge is -2.29. The van der Waals surface area contributed by atoms with E-state index in [4.69, 9.17) is 0 Å². The summed E-state index contributed by atoms with van der Waals surface area (Å²) in [6.07, 6.45) is 5.28. The molecule has 2 aliphatic heterocycles. The van der Waals surface area contributed by atoms with Crippen LogP contribution in [0.2, 0.25) is 0 Å². The minimum atomic E-state index is -3.34. The molecule has 0 saturated carbocycles. The van der Waals surface area contributed by atoms with Crippen LogP contribution >= 0.6 is 0 Å². The number of hydrogen-bond acceptors (Lipinski definition) is 4. The molecule has 0 radical (unpaired) electrons. The van der Waals surface area contributed by atoms with E-state index in [2.05, 4.69) is 10.2 Å². The van der Waals surface area contributed by atoms with E-state index in [9.17, 15) is 13.2 Å². The smallest absolute Gasteiger partial charge is 0.255 e. The van der Waals surface area contributed by atoms with Crippen LogP contribution in [0, 0.1) is 0 Å². The number of carbonyl (C=O) groups excluding carboxylic acids is 1. The largest absolute Gasteiger partial charge is 0.322 e. The number of amides is 1. The third-order valence-corrected chi connectivity index (χ3v) is 6.85. The van der Waals surface area contributed by atoms with Gasteiger partial charge in [0.2, 0.25) is 10.0 Å². The summed E-state index contributed by atoms with van der Waals surface area (Å²) in [7, 11) is -3.34. The lowest BCUT2D eigenvalue weighted by atomic mass is 10.0. The first kappa shape index (κ1) is 19.9. The average Bonchev–Trinajstić information content (AvgIpc) is 3.20. The van der Waals surface area contributed by atoms with E-state index in [0.29, 0.717) is 23.5 Å². The van der Waals surface area contributed by atoms with Crippen molar-refractivity contribution >= 4 is 27.3 Å². The van der Waals surface area contributed by atoms with Gasteiger partial charge in [0.05, 0.1) is 11.9 Å². The molecule has 1 amide bonds. The fourth-order valence-electron chi connectivity index (χ4n) is 4.22. The summed E-state index contributed by atoms with van der Waals surface area (Å²) in [5.74, 6) is -0.165. The number of likely N-dealkylation sites (tertiary alicyclic amines) is 1. The molecule has 0 atom stereocenters. The maximum Gasteiger partial charge on any atom is 0.255 e. The molecule has 2 aromatic carbocycles. The van der Waals surface area contributed by atoms with Gasteiger partial charge in [-0.25, -0.2) is 8.42 Å². The number of nitrogens with zero attached hydrogens (tertiary/aromatic N) is 2. The Morgan fingerprint density at radius 2 is 1.79 bits per heavy atom. The molecule has 154 valence electrons. The number of hydrogen-bond donors (Lipinski definition) is 1. The highest BCUT2D eigenvalue weighted by atomic mass is 32.2. The van der Waals surface area contributed by atoms with Crippen molar-refractivity contribution in [3.05, 3.63) is 59.2 Å². The Bertz CT molecular complexity index is 1010. The third kappa shape index (κ3) is 4.46. The van der Waals surface area contributed by atoms with Crippen LogP contribution in [0.4, 0.5) is 11.4 Å². The summed E-state index contributed by atoms with van der Waals surface area (Å²) in [4.78, 5) is 15.4. The Balaban J connectivity index is 1.57. The summed E-state index contributed by atoms with van der Waals surface area (Å²) in [6, 6.07) is 13.2. The Morgan fingerprint density at radius 1 is 1.03 bits per heavy atom. The SMILES string of the molecule is CS(=O)(=O)N1CCCc2ccc(NC(=O)c3ccccc3CN3CCCC3)cc21. The zero-order valence-electron chi connectivity index (χ0n) is 16.7. The van der Waals surface area contributed by atoms with Gasteiger partial charge >= 0.3 is 0 Å². The number of anilines is 2. The van der Waals surface area contributed by atoms with Crippen molar-refractivity contribution in [1.29, 1.82) is 0 Å². The Labute approximate surface area is 172 Å². The fourth-order valence-corrected chi connectivity index (χ4v) is 5.21. The van der Waals surface area contributed by atoms with Crippen LogP contribution in [0.1, 0.15) is 40.7 Å². The van der Waals surface area contributed by atoms with E-state index in [1.807, 2.05) is 36.4 Å². The van der Waals surface area contributed by atoms with Gasteiger partial charge in [0.1, 0.15) is 0 Å². The van der Waals surface area contributed by atoms with Crippen LogP contribution in [-0.4, -0.2) is 45.1 Å². The fraction of sp³-hybridized carbons (Fsp3) is 0.409. The van der Waals surface area contributed by atoms with Gasteiger partial charge in [-0.3, -0.25) is 14.0 Å². The first-order chi connectivity index (χ1) is 13.9. The Hall–Kier alpha value is -2.38. The van der Waals surface area contributed by atoms with E-state index < -0.39 is 10.0 Å². The van der Waals surface area contributed by atoms with E-state index in [-0.39, 0.29) is 5.91 Å². The zero-order chi connectivity index (χ0) is 20.4. The molecule has 0 spiro atoms. The highest BCUT2D eigenvalue weighted by Gasteiger charge is 2.24. The van der Waals surface area contributed by atoms with Crippen molar-refractivity contribution in [3.8, 4) is 0 Å². The number of carbonyl (C=O) groups is 1. The predicted molar refractivity (Wildman–Crippen MR) is 116 cm³/mol. The Morgan fingerprint density at radius 3 is 2.55 bits per heavy atom. The molecule has 7 heteroatoms. The van der Waals surface area contributed by atoms with Gasteiger partial charge in [0.25, 0.3) is 5.91 Å². The molecule has 0 bridgehead atoms. The van der Waals surface area contributed by atoms with Crippen LogP contribution in [0.25, 0.3) is 0 Å². The van der Waals surface area contributed by atoms with E-state index in [1.54, 1.807) is 6.07 Å². The van der Waals surface area contributed by atoms with Crippen molar-refractivity contribution in [2.75, 3.05) is 35.5 Å². The first-order valence-electron chi connectivity index (χ1n) is 10.1. The topological polar surface area (TPSA) is 69.7 Å². The molecule has 1 N–H and O–H groups in total. The molecule has 2 aliphatic rings. The molecular weight excluding hydrogens is 386 g/mol. The molecule has 1 fully saturated rings. The molecule has 2 aromatic rings. The molecule has 6 nitrogen and oxygen atoms in total. The zero-order valence-corrected chi connectivity index (χ0v) is 17.5. The molecular formula is C22H27N3O3S. The van der Waals surface area contributed by atoms with Gasteiger partial charge in [-0.15, -0.1) is 0 Å². The van der Waals surface area contributed by atoms with Gasteiger partial charge in [-0.1, -0.05) is 24.3 Å². The number of aryl methyl sites for hydroxylation is 1. The summed E-state index contributed by atoms with van der Waals surface area (Å²) < 4.78 is 25.7. The Kier molecular flexibility index (Phi) is 5.61. The summed E-state index contributed by atoms with van der Waals surface area (Å²) in [5, 5.41) is 2.97. The molecule has 29 heavy (non-hydrogen) atoms. The number of nitrogens with one attached hydrogen (secondary N) is 1. The van der Waals surface area contributed by atoms with Crippen molar-refractivity contribution < 1.29 is 13.2 Å². The maximum absolute atomic E-state index is 13.0. The number of benzene rings is 2. The van der Waals surface area contributed by atoms with Crippen LogP contribution in [0.5, 0.6) is 0 Å². The lowest BCUT2D eigenvalue weighted by molar-refractivity contribution is 0.102. The highest BCUT2D eigenvalue weighted by molar-refractivity contribution is 7.92. The van der Waals surface area contributed by atoms with Crippen molar-refractivity contribution in [3.63, 3.8) is 0 Å². The maximum atomic E-state index is 13.0. The van der Waals surface area contributed by atoms with Crippen molar-refractivity contribution in [2.45, 2.75) is 32.2 Å². The third-order valence-electron chi connectivity index (χ3n) is 5.67. The summed E-state index contributed by atoms with van der Waals surface area (Å²) in [5.41, 5.74) is 3.95. The normalized spacial score (nSPS) is 17.2. The van der Waals surface area contributed by atoms with Crippen LogP contribution in [0.15, 0.2) is 42.5 Å². The number of rotatable bonds is 5. The van der Waals surface area contributed by atoms with Gasteiger partial charge in [-0.05, 0) is 68.1 Å². The monoisotopic (exact) mass is 413 g/mol. The summed E-state index contributed by atoms with van der Waals surface area (Å²) in [6.45, 7) is 3.39. The first-order valence-corrected chi connectivity index (χ1v) is 12.0. The van der Waals surface area contributed by atoms with Gasteiger partial charge < -0.3 is 5.32 Å². The number of sulfonamides is 1. The van der Waals surface area contributed by atoms with Crippen LogP contribution in [0.3, 0.4) is 0 Å². The highest BCUT2D eigenvalue weighted by Crippen LogP contribution is 2.32. The minimum Gasteiger partial charge on any atom is -0.322 e. The van der Waals surface area contributed by atoms with Crippen LogP contribution < -0.4 is 9.62 Å². The predicted octanol–water partition coefficient (Wildman–Crippen LogP) is 3.25. The summed E-state index contributed by atoms with van der Waals surface area (Å²) >= 11 is 0.